The average molecular weight is 407 g/mol. The minimum absolute atomic E-state index is 0.0684. The lowest BCUT2D eigenvalue weighted by Gasteiger charge is -2.13. The Bertz CT molecular complexity index is 1150. The first kappa shape index (κ1) is 18.8. The lowest BCUT2D eigenvalue weighted by atomic mass is 10.2. The van der Waals surface area contributed by atoms with Crippen LogP contribution in [0.15, 0.2) is 66.7 Å². The number of hydrogen-bond acceptors (Lipinski definition) is 6. The molecular formula is C22H19ClN4O2. The number of phenolic OH excluding ortho intramolecular Hbond substituents is 1. The molecule has 4 aromatic rings. The van der Waals surface area contributed by atoms with Gasteiger partial charge in [0.15, 0.2) is 0 Å². The number of hydrogen-bond donors (Lipinski definition) is 3. The lowest BCUT2D eigenvalue weighted by molar-refractivity contribution is 0.414. The van der Waals surface area contributed by atoms with Crippen LogP contribution in [0.2, 0.25) is 5.02 Å². The fraction of sp³-hybridized carbons (Fsp3) is 0.0909. The first-order valence-corrected chi connectivity index (χ1v) is 9.39. The minimum Gasteiger partial charge on any atom is -0.506 e. The second kappa shape index (κ2) is 8.24. The molecule has 7 heteroatoms. The number of nitrogens with one attached hydrogen (secondary N) is 2. The SMILES string of the molecule is COc1ccc(CNc2nc(Nc3cc(Cl)ccc3O)nc3ccccc23)cc1. The van der Waals surface area contributed by atoms with Gasteiger partial charge in [0, 0.05) is 17.0 Å². The molecule has 0 radical (unpaired) electrons. The van der Waals surface area contributed by atoms with Gasteiger partial charge in [0.25, 0.3) is 0 Å². The van der Waals surface area contributed by atoms with Crippen molar-refractivity contribution in [2.24, 2.45) is 0 Å². The predicted molar refractivity (Wildman–Crippen MR) is 116 cm³/mol. The zero-order valence-corrected chi connectivity index (χ0v) is 16.4. The quantitative estimate of drug-likeness (QED) is 0.374. The fourth-order valence-electron chi connectivity index (χ4n) is 2.93. The monoisotopic (exact) mass is 406 g/mol. The van der Waals surface area contributed by atoms with Crippen LogP contribution in [0.1, 0.15) is 5.56 Å². The summed E-state index contributed by atoms with van der Waals surface area (Å²) in [4.78, 5) is 9.15. The van der Waals surface area contributed by atoms with Gasteiger partial charge in [-0.1, -0.05) is 35.9 Å². The van der Waals surface area contributed by atoms with Gasteiger partial charge in [-0.15, -0.1) is 0 Å². The maximum atomic E-state index is 10.1. The summed E-state index contributed by atoms with van der Waals surface area (Å²) in [6.45, 7) is 0.590. The number of ether oxygens (including phenoxy) is 1. The molecule has 1 aromatic heterocycles. The topological polar surface area (TPSA) is 79.3 Å². The Morgan fingerprint density at radius 3 is 2.59 bits per heavy atom. The first-order valence-electron chi connectivity index (χ1n) is 9.01. The molecule has 0 amide bonds. The van der Waals surface area contributed by atoms with Crippen molar-refractivity contribution in [2.45, 2.75) is 6.54 Å². The van der Waals surface area contributed by atoms with Crippen molar-refractivity contribution >= 4 is 40.0 Å². The summed E-state index contributed by atoms with van der Waals surface area (Å²) < 4.78 is 5.20. The second-order valence-electron chi connectivity index (χ2n) is 6.40. The number of benzene rings is 3. The van der Waals surface area contributed by atoms with E-state index < -0.39 is 0 Å². The van der Waals surface area contributed by atoms with Crippen LogP contribution in [0, 0.1) is 0 Å². The van der Waals surface area contributed by atoms with Gasteiger partial charge in [0.05, 0.1) is 18.3 Å². The van der Waals surface area contributed by atoms with Crippen LogP contribution in [0.4, 0.5) is 17.5 Å². The molecule has 0 fully saturated rings. The number of aromatic hydroxyl groups is 1. The number of para-hydroxylation sites is 1. The number of halogens is 1. The number of nitrogens with zero attached hydrogens (tertiary/aromatic N) is 2. The summed E-state index contributed by atoms with van der Waals surface area (Å²) >= 11 is 6.04. The van der Waals surface area contributed by atoms with Crippen LogP contribution >= 0.6 is 11.6 Å². The third-order valence-electron chi connectivity index (χ3n) is 4.43. The molecule has 0 saturated heterocycles. The van der Waals surface area contributed by atoms with E-state index >= 15 is 0 Å². The Kier molecular flexibility index (Phi) is 5.35. The molecule has 0 spiro atoms. The maximum Gasteiger partial charge on any atom is 0.229 e. The standard InChI is InChI=1S/C22H19ClN4O2/c1-29-16-9-6-14(7-10-16)13-24-21-17-4-2-3-5-18(17)25-22(27-21)26-19-12-15(23)8-11-20(19)28/h2-12,28H,13H2,1H3,(H2,24,25,26,27). The second-order valence-corrected chi connectivity index (χ2v) is 6.84. The highest BCUT2D eigenvalue weighted by molar-refractivity contribution is 6.31. The molecule has 6 nitrogen and oxygen atoms in total. The van der Waals surface area contributed by atoms with Crippen molar-refractivity contribution in [2.75, 3.05) is 17.7 Å². The van der Waals surface area contributed by atoms with E-state index in [0.29, 0.717) is 29.0 Å². The molecule has 3 aromatic carbocycles. The number of methoxy groups -OCH3 is 1. The van der Waals surface area contributed by atoms with E-state index in [4.69, 9.17) is 16.3 Å². The molecule has 0 aliphatic heterocycles. The van der Waals surface area contributed by atoms with Crippen molar-refractivity contribution < 1.29 is 9.84 Å². The smallest absolute Gasteiger partial charge is 0.229 e. The number of phenols is 1. The van der Waals surface area contributed by atoms with Crippen LogP contribution in [-0.4, -0.2) is 22.2 Å². The van der Waals surface area contributed by atoms with E-state index in [2.05, 4.69) is 20.6 Å². The van der Waals surface area contributed by atoms with Gasteiger partial charge in [-0.25, -0.2) is 4.98 Å². The van der Waals surface area contributed by atoms with E-state index in [1.165, 1.54) is 6.07 Å². The molecule has 146 valence electrons. The summed E-state index contributed by atoms with van der Waals surface area (Å²) in [6, 6.07) is 20.3. The highest BCUT2D eigenvalue weighted by Crippen LogP contribution is 2.30. The Morgan fingerprint density at radius 1 is 1.00 bits per heavy atom. The zero-order chi connectivity index (χ0) is 20.2. The third-order valence-corrected chi connectivity index (χ3v) is 4.66. The van der Waals surface area contributed by atoms with E-state index in [-0.39, 0.29) is 5.75 Å². The molecular weight excluding hydrogens is 388 g/mol. The molecule has 0 atom stereocenters. The van der Waals surface area contributed by atoms with Crippen molar-refractivity contribution in [1.82, 2.24) is 9.97 Å². The van der Waals surface area contributed by atoms with Crippen LogP contribution < -0.4 is 15.4 Å². The summed E-state index contributed by atoms with van der Waals surface area (Å²) in [5, 5.41) is 17.9. The molecule has 0 aliphatic rings. The number of aromatic nitrogens is 2. The van der Waals surface area contributed by atoms with E-state index in [0.717, 1.165) is 22.2 Å². The van der Waals surface area contributed by atoms with Crippen LogP contribution in [-0.2, 0) is 6.54 Å². The van der Waals surface area contributed by atoms with Crippen molar-refractivity contribution in [3.8, 4) is 11.5 Å². The lowest BCUT2D eigenvalue weighted by Crippen LogP contribution is -2.06. The summed E-state index contributed by atoms with van der Waals surface area (Å²) in [5.41, 5.74) is 2.31. The highest BCUT2D eigenvalue weighted by Gasteiger charge is 2.10. The normalized spacial score (nSPS) is 10.7. The van der Waals surface area contributed by atoms with Crippen molar-refractivity contribution in [3.63, 3.8) is 0 Å². The Balaban J connectivity index is 1.64. The van der Waals surface area contributed by atoms with Crippen molar-refractivity contribution in [1.29, 1.82) is 0 Å². The fourth-order valence-corrected chi connectivity index (χ4v) is 3.10. The molecule has 1 heterocycles. The highest BCUT2D eigenvalue weighted by atomic mass is 35.5. The average Bonchev–Trinajstić information content (AvgIpc) is 2.75. The summed E-state index contributed by atoms with van der Waals surface area (Å²) in [5.74, 6) is 1.93. The molecule has 0 saturated carbocycles. The van der Waals surface area contributed by atoms with E-state index in [1.54, 1.807) is 19.2 Å². The largest absolute Gasteiger partial charge is 0.506 e. The Morgan fingerprint density at radius 2 is 1.79 bits per heavy atom. The maximum absolute atomic E-state index is 10.1. The number of fused-ring (bicyclic) bond motifs is 1. The van der Waals surface area contributed by atoms with Gasteiger partial charge in [0.1, 0.15) is 17.3 Å². The molecule has 29 heavy (non-hydrogen) atoms. The molecule has 0 bridgehead atoms. The van der Waals surface area contributed by atoms with Crippen LogP contribution in [0.25, 0.3) is 10.9 Å². The molecule has 0 aliphatic carbocycles. The van der Waals surface area contributed by atoms with E-state index in [9.17, 15) is 5.11 Å². The first-order chi connectivity index (χ1) is 14.1. The number of anilines is 3. The van der Waals surface area contributed by atoms with Crippen molar-refractivity contribution in [3.05, 3.63) is 77.3 Å². The summed E-state index contributed by atoms with van der Waals surface area (Å²) in [6.07, 6.45) is 0. The molecule has 3 N–H and O–H groups in total. The van der Waals surface area contributed by atoms with Gasteiger partial charge in [0.2, 0.25) is 5.95 Å². The van der Waals surface area contributed by atoms with Gasteiger partial charge in [-0.3, -0.25) is 0 Å². The zero-order valence-electron chi connectivity index (χ0n) is 15.7. The van der Waals surface area contributed by atoms with Crippen LogP contribution in [0.5, 0.6) is 11.5 Å². The van der Waals surface area contributed by atoms with Gasteiger partial charge >= 0.3 is 0 Å². The Labute approximate surface area is 173 Å². The van der Waals surface area contributed by atoms with Gasteiger partial charge in [-0.2, -0.15) is 4.98 Å². The van der Waals surface area contributed by atoms with Crippen LogP contribution in [0.3, 0.4) is 0 Å². The molecule has 4 rings (SSSR count). The van der Waals surface area contributed by atoms with E-state index in [1.807, 2.05) is 48.5 Å². The van der Waals surface area contributed by atoms with Gasteiger partial charge < -0.3 is 20.5 Å². The van der Waals surface area contributed by atoms with Gasteiger partial charge in [-0.05, 0) is 48.0 Å². The minimum atomic E-state index is 0.0684. The molecule has 0 unspecified atom stereocenters. The Hall–Kier alpha value is -3.51. The third kappa shape index (κ3) is 4.33. The summed E-state index contributed by atoms with van der Waals surface area (Å²) in [7, 11) is 1.65. The predicted octanol–water partition coefficient (Wildman–Crippen LogP) is 5.35. The number of rotatable bonds is 6.